The van der Waals surface area contributed by atoms with E-state index in [1.807, 2.05) is 18.9 Å². The van der Waals surface area contributed by atoms with Crippen LogP contribution in [0.15, 0.2) is 33.6 Å². The molecule has 29 heavy (non-hydrogen) atoms. The van der Waals surface area contributed by atoms with E-state index in [0.717, 1.165) is 37.2 Å². The van der Waals surface area contributed by atoms with Gasteiger partial charge in [-0.1, -0.05) is 19.4 Å². The van der Waals surface area contributed by atoms with Crippen molar-refractivity contribution < 1.29 is 13.2 Å². The molecule has 0 saturated carbocycles. The fourth-order valence-electron chi connectivity index (χ4n) is 3.12. The second-order valence-electron chi connectivity index (χ2n) is 7.12. The minimum atomic E-state index is -3.83. The van der Waals surface area contributed by atoms with Gasteiger partial charge >= 0.3 is 0 Å². The molecule has 2 heterocycles. The molecule has 1 aliphatic rings. The van der Waals surface area contributed by atoms with E-state index in [-0.39, 0.29) is 10.8 Å². The van der Waals surface area contributed by atoms with E-state index >= 15 is 0 Å². The normalized spacial score (nSPS) is 15.8. The molecular weight excluding hydrogens is 408 g/mol. The van der Waals surface area contributed by atoms with E-state index < -0.39 is 10.0 Å². The molecule has 1 aromatic heterocycles. The SMILES string of the molecule is CCCCc1nc(C)c(C(=O)Nc2cccc(S(=O)(=O)/N=C3/CCCN3C)c2)s1. The number of hydrogen-bond acceptors (Lipinski definition) is 5. The van der Waals surface area contributed by atoms with Gasteiger partial charge < -0.3 is 10.2 Å². The van der Waals surface area contributed by atoms with Gasteiger partial charge in [0.25, 0.3) is 15.9 Å². The Labute approximate surface area is 175 Å². The Balaban J connectivity index is 1.78. The summed E-state index contributed by atoms with van der Waals surface area (Å²) in [4.78, 5) is 19.6. The fraction of sp³-hybridized carbons (Fsp3) is 0.450. The summed E-state index contributed by atoms with van der Waals surface area (Å²) in [5.41, 5.74) is 1.11. The second-order valence-corrected chi connectivity index (χ2v) is 9.80. The number of unbranched alkanes of at least 4 members (excludes halogenated alkanes) is 1. The van der Waals surface area contributed by atoms with Crippen molar-refractivity contribution in [2.75, 3.05) is 18.9 Å². The highest BCUT2D eigenvalue weighted by Gasteiger charge is 2.21. The van der Waals surface area contributed by atoms with Crippen LogP contribution in [0.2, 0.25) is 0 Å². The van der Waals surface area contributed by atoms with Gasteiger partial charge in [0, 0.05) is 25.7 Å². The number of sulfonamides is 1. The van der Waals surface area contributed by atoms with Crippen LogP contribution in [0.1, 0.15) is 53.0 Å². The summed E-state index contributed by atoms with van der Waals surface area (Å²) in [6.45, 7) is 4.74. The molecule has 1 N–H and O–H groups in total. The first kappa shape index (κ1) is 21.4. The number of aryl methyl sites for hydroxylation is 2. The zero-order valence-corrected chi connectivity index (χ0v) is 18.6. The van der Waals surface area contributed by atoms with Crippen molar-refractivity contribution in [1.82, 2.24) is 9.88 Å². The third kappa shape index (κ3) is 5.22. The number of amidine groups is 1. The molecule has 1 aliphatic heterocycles. The number of nitrogens with one attached hydrogen (secondary N) is 1. The van der Waals surface area contributed by atoms with E-state index in [1.165, 1.54) is 23.5 Å². The summed E-state index contributed by atoms with van der Waals surface area (Å²) >= 11 is 1.39. The van der Waals surface area contributed by atoms with Crippen molar-refractivity contribution in [3.63, 3.8) is 0 Å². The average molecular weight is 435 g/mol. The molecule has 2 aromatic rings. The largest absolute Gasteiger partial charge is 0.362 e. The van der Waals surface area contributed by atoms with E-state index in [2.05, 4.69) is 21.6 Å². The Bertz CT molecular complexity index is 1030. The smallest absolute Gasteiger partial charge is 0.284 e. The van der Waals surface area contributed by atoms with Gasteiger partial charge in [-0.25, -0.2) is 4.98 Å². The third-order valence-corrected chi connectivity index (χ3v) is 7.26. The van der Waals surface area contributed by atoms with Gasteiger partial charge in [0.1, 0.15) is 10.7 Å². The first-order valence-electron chi connectivity index (χ1n) is 9.73. The standard InChI is InChI=1S/C20H26N4O3S2/c1-4-5-11-18-21-14(2)19(28-18)20(25)22-15-8-6-9-16(13-15)29(26,27)23-17-10-7-12-24(17)3/h6,8-9,13H,4-5,7,10-12H2,1-3H3,(H,22,25)/b23-17-. The number of amides is 1. The molecule has 1 aromatic carbocycles. The monoisotopic (exact) mass is 434 g/mol. The van der Waals surface area contributed by atoms with Crippen molar-refractivity contribution in [3.05, 3.63) is 39.8 Å². The molecule has 3 rings (SSSR count). The minimum absolute atomic E-state index is 0.0627. The molecule has 0 radical (unpaired) electrons. The number of rotatable bonds is 7. The second kappa shape index (κ2) is 9.04. The molecule has 0 bridgehead atoms. The zero-order chi connectivity index (χ0) is 21.0. The summed E-state index contributed by atoms with van der Waals surface area (Å²) in [5.74, 6) is 0.290. The number of likely N-dealkylation sites (tertiary alicyclic amines) is 1. The van der Waals surface area contributed by atoms with Crippen molar-refractivity contribution in [1.29, 1.82) is 0 Å². The molecule has 1 saturated heterocycles. The van der Waals surface area contributed by atoms with Crippen molar-refractivity contribution in [2.45, 2.75) is 50.8 Å². The molecule has 1 amide bonds. The number of hydrogen-bond donors (Lipinski definition) is 1. The van der Waals surface area contributed by atoms with E-state index in [0.29, 0.717) is 28.5 Å². The van der Waals surface area contributed by atoms with Crippen molar-refractivity contribution >= 4 is 38.8 Å². The van der Waals surface area contributed by atoms with Crippen LogP contribution in [0.4, 0.5) is 5.69 Å². The fourth-order valence-corrected chi connectivity index (χ4v) is 5.26. The van der Waals surface area contributed by atoms with Crippen LogP contribution in [0.25, 0.3) is 0 Å². The number of anilines is 1. The highest BCUT2D eigenvalue weighted by atomic mass is 32.2. The van der Waals surface area contributed by atoms with Gasteiger partial charge in [0.2, 0.25) is 0 Å². The van der Waals surface area contributed by atoms with Crippen LogP contribution in [0, 0.1) is 6.92 Å². The number of nitrogens with zero attached hydrogens (tertiary/aromatic N) is 3. The number of carbonyl (C=O) groups excluding carboxylic acids is 1. The van der Waals surface area contributed by atoms with Crippen LogP contribution < -0.4 is 5.32 Å². The summed E-state index contributed by atoms with van der Waals surface area (Å²) in [6.07, 6.45) is 4.51. The summed E-state index contributed by atoms with van der Waals surface area (Å²) in [7, 11) is -1.99. The first-order chi connectivity index (χ1) is 13.8. The maximum absolute atomic E-state index is 12.7. The lowest BCUT2D eigenvalue weighted by molar-refractivity contribution is 0.102. The van der Waals surface area contributed by atoms with Crippen LogP contribution in [0.5, 0.6) is 0 Å². The number of benzene rings is 1. The molecular formula is C20H26N4O3S2. The molecule has 0 aliphatic carbocycles. The first-order valence-corrected chi connectivity index (χ1v) is 12.0. The molecule has 9 heteroatoms. The van der Waals surface area contributed by atoms with Gasteiger partial charge in [0.05, 0.1) is 15.6 Å². The maximum atomic E-state index is 12.7. The highest BCUT2D eigenvalue weighted by Crippen LogP contribution is 2.23. The van der Waals surface area contributed by atoms with E-state index in [1.54, 1.807) is 12.1 Å². The number of aromatic nitrogens is 1. The topological polar surface area (TPSA) is 91.7 Å². The minimum Gasteiger partial charge on any atom is -0.362 e. The zero-order valence-electron chi connectivity index (χ0n) is 16.9. The van der Waals surface area contributed by atoms with Gasteiger partial charge in [-0.05, 0) is 44.4 Å². The summed E-state index contributed by atoms with van der Waals surface area (Å²) in [5, 5.41) is 3.74. The average Bonchev–Trinajstić information content (AvgIpc) is 3.25. The van der Waals surface area contributed by atoms with Crippen molar-refractivity contribution in [3.8, 4) is 0 Å². The lowest BCUT2D eigenvalue weighted by atomic mass is 10.2. The van der Waals surface area contributed by atoms with Gasteiger partial charge in [-0.2, -0.15) is 8.42 Å². The Hall–Kier alpha value is -2.26. The van der Waals surface area contributed by atoms with Gasteiger partial charge in [-0.15, -0.1) is 15.7 Å². The summed E-state index contributed by atoms with van der Waals surface area (Å²) in [6, 6.07) is 6.21. The molecule has 1 fully saturated rings. The predicted octanol–water partition coefficient (Wildman–Crippen LogP) is 3.86. The third-order valence-electron chi connectivity index (χ3n) is 4.74. The van der Waals surface area contributed by atoms with Gasteiger partial charge in [-0.3, -0.25) is 4.79 Å². The van der Waals surface area contributed by atoms with Gasteiger partial charge in [0.15, 0.2) is 0 Å². The quantitative estimate of drug-likeness (QED) is 0.714. The van der Waals surface area contributed by atoms with E-state index in [4.69, 9.17) is 0 Å². The maximum Gasteiger partial charge on any atom is 0.284 e. The van der Waals surface area contributed by atoms with Crippen LogP contribution in [-0.2, 0) is 16.4 Å². The highest BCUT2D eigenvalue weighted by molar-refractivity contribution is 7.90. The number of carbonyl (C=O) groups is 1. The summed E-state index contributed by atoms with van der Waals surface area (Å²) < 4.78 is 29.3. The molecule has 156 valence electrons. The molecule has 0 unspecified atom stereocenters. The Morgan fingerprint density at radius 2 is 2.17 bits per heavy atom. The lowest BCUT2D eigenvalue weighted by Crippen LogP contribution is -2.20. The predicted molar refractivity (Wildman–Crippen MR) is 116 cm³/mol. The Kier molecular flexibility index (Phi) is 6.69. The molecule has 0 spiro atoms. The van der Waals surface area contributed by atoms with Crippen LogP contribution >= 0.6 is 11.3 Å². The van der Waals surface area contributed by atoms with Crippen LogP contribution in [0.3, 0.4) is 0 Å². The Morgan fingerprint density at radius 1 is 1.38 bits per heavy atom. The molecule has 7 nitrogen and oxygen atoms in total. The van der Waals surface area contributed by atoms with E-state index in [9.17, 15) is 13.2 Å². The Morgan fingerprint density at radius 3 is 2.86 bits per heavy atom. The lowest BCUT2D eigenvalue weighted by Gasteiger charge is -2.11. The molecule has 0 atom stereocenters. The number of thiazole rings is 1. The van der Waals surface area contributed by atoms with Crippen LogP contribution in [-0.4, -0.2) is 43.6 Å². The van der Waals surface area contributed by atoms with Crippen molar-refractivity contribution in [2.24, 2.45) is 4.40 Å².